The number of thiocarbonyl (C=S) groups is 1. The lowest BCUT2D eigenvalue weighted by Crippen LogP contribution is -2.32. The smallest absolute Gasteiger partial charge is 0.250 e. The quantitative estimate of drug-likeness (QED) is 0.201. The zero-order valence-electron chi connectivity index (χ0n) is 17.5. The van der Waals surface area contributed by atoms with Crippen molar-refractivity contribution in [2.75, 3.05) is 5.32 Å². The molecule has 0 saturated heterocycles. The number of carbonyl (C=O) groups is 1. The number of benzene rings is 2. The van der Waals surface area contributed by atoms with E-state index in [0.717, 1.165) is 5.56 Å². The van der Waals surface area contributed by atoms with Crippen LogP contribution in [0.4, 0.5) is 5.69 Å². The van der Waals surface area contributed by atoms with Crippen LogP contribution in [0.2, 0.25) is 10.0 Å². The average Bonchev–Trinajstić information content (AvgIpc) is 3.48. The van der Waals surface area contributed by atoms with Gasteiger partial charge in [-0.05, 0) is 85.0 Å². The predicted octanol–water partition coefficient (Wildman–Crippen LogP) is 6.53. The van der Waals surface area contributed by atoms with Crippen LogP contribution in [0.1, 0.15) is 11.5 Å². The van der Waals surface area contributed by atoms with Gasteiger partial charge in [0.1, 0.15) is 29.6 Å². The van der Waals surface area contributed by atoms with E-state index in [1.54, 1.807) is 54.6 Å². The van der Waals surface area contributed by atoms with Gasteiger partial charge in [0.15, 0.2) is 5.11 Å². The van der Waals surface area contributed by atoms with E-state index in [-0.39, 0.29) is 11.7 Å². The lowest BCUT2D eigenvalue weighted by molar-refractivity contribution is -0.115. The van der Waals surface area contributed by atoms with Gasteiger partial charge in [0.25, 0.3) is 0 Å². The Morgan fingerprint density at radius 3 is 2.44 bits per heavy atom. The number of furan rings is 2. The molecule has 1 amide bonds. The predicted molar refractivity (Wildman–Crippen MR) is 138 cm³/mol. The highest BCUT2D eigenvalue weighted by Gasteiger charge is 2.09. The number of anilines is 1. The highest BCUT2D eigenvalue weighted by molar-refractivity contribution is 7.80. The molecule has 2 aromatic carbocycles. The van der Waals surface area contributed by atoms with Crippen molar-refractivity contribution in [3.63, 3.8) is 0 Å². The summed E-state index contributed by atoms with van der Waals surface area (Å²) in [7, 11) is 0. The first kappa shape index (κ1) is 23.8. The Morgan fingerprint density at radius 2 is 1.74 bits per heavy atom. The van der Waals surface area contributed by atoms with Gasteiger partial charge in [-0.1, -0.05) is 23.2 Å². The molecule has 0 aliphatic rings. The molecule has 0 saturated carbocycles. The minimum Gasteiger partial charge on any atom is -0.459 e. The standard InChI is InChI=1S/C25H18Cl2N2O4S/c26-16-3-9-20(21(27)13-16)23-11-6-18(32-23)8-12-24(31)29-25(34)28-17-4-1-15(2-5-17)22-10-7-19(14-30)33-22/h1-13,30H,14H2,(H2,28,29,31,34)/b12-8+. The second kappa shape index (κ2) is 10.7. The van der Waals surface area contributed by atoms with Gasteiger partial charge in [0.2, 0.25) is 5.91 Å². The van der Waals surface area contributed by atoms with Crippen LogP contribution in [0.15, 0.2) is 81.6 Å². The second-order valence-corrected chi connectivity index (χ2v) is 8.36. The number of rotatable bonds is 6. The van der Waals surface area contributed by atoms with Crippen molar-refractivity contribution in [1.82, 2.24) is 5.32 Å². The molecule has 3 N–H and O–H groups in total. The molecule has 6 nitrogen and oxygen atoms in total. The van der Waals surface area contributed by atoms with Gasteiger partial charge in [0.05, 0.1) is 5.02 Å². The van der Waals surface area contributed by atoms with Gasteiger partial charge >= 0.3 is 0 Å². The molecule has 2 aromatic heterocycles. The molecule has 0 atom stereocenters. The SMILES string of the molecule is O=C(/C=C/c1ccc(-c2ccc(Cl)cc2Cl)o1)NC(=S)Nc1ccc(-c2ccc(CO)o2)cc1. The minimum absolute atomic E-state index is 0.149. The highest BCUT2D eigenvalue weighted by Crippen LogP contribution is 2.31. The zero-order valence-corrected chi connectivity index (χ0v) is 19.9. The van der Waals surface area contributed by atoms with E-state index in [1.807, 2.05) is 12.1 Å². The average molecular weight is 513 g/mol. The summed E-state index contributed by atoms with van der Waals surface area (Å²) >= 11 is 17.3. The molecule has 0 spiro atoms. The molecule has 0 fully saturated rings. The molecule has 0 aliphatic carbocycles. The van der Waals surface area contributed by atoms with Crippen LogP contribution in [-0.2, 0) is 11.4 Å². The number of amides is 1. The van der Waals surface area contributed by atoms with Crippen LogP contribution < -0.4 is 10.6 Å². The second-order valence-electron chi connectivity index (χ2n) is 7.10. The third-order valence-corrected chi connectivity index (χ3v) is 5.46. The van der Waals surface area contributed by atoms with E-state index in [4.69, 9.17) is 49.4 Å². The van der Waals surface area contributed by atoms with Crippen molar-refractivity contribution in [3.8, 4) is 22.6 Å². The van der Waals surface area contributed by atoms with Gasteiger partial charge in [-0.15, -0.1) is 0 Å². The van der Waals surface area contributed by atoms with E-state index in [1.165, 1.54) is 12.2 Å². The largest absolute Gasteiger partial charge is 0.459 e. The Bertz CT molecular complexity index is 1360. The van der Waals surface area contributed by atoms with Gasteiger partial charge < -0.3 is 19.3 Å². The highest BCUT2D eigenvalue weighted by atomic mass is 35.5. The Morgan fingerprint density at radius 1 is 0.971 bits per heavy atom. The van der Waals surface area contributed by atoms with Crippen molar-refractivity contribution in [2.45, 2.75) is 6.61 Å². The van der Waals surface area contributed by atoms with Crippen LogP contribution in [-0.4, -0.2) is 16.1 Å². The molecular formula is C25H18Cl2N2O4S. The van der Waals surface area contributed by atoms with E-state index in [9.17, 15) is 4.79 Å². The first-order valence-corrected chi connectivity index (χ1v) is 11.2. The van der Waals surface area contributed by atoms with Gasteiger partial charge in [0, 0.05) is 27.9 Å². The fourth-order valence-electron chi connectivity index (χ4n) is 3.09. The molecule has 4 aromatic rings. The monoisotopic (exact) mass is 512 g/mol. The summed E-state index contributed by atoms with van der Waals surface area (Å²) in [5, 5.41) is 15.8. The summed E-state index contributed by atoms with van der Waals surface area (Å²) in [5.41, 5.74) is 2.25. The first-order valence-electron chi connectivity index (χ1n) is 10.1. The van der Waals surface area contributed by atoms with Crippen LogP contribution in [0.5, 0.6) is 0 Å². The lowest BCUT2D eigenvalue weighted by Gasteiger charge is -2.08. The molecule has 172 valence electrons. The van der Waals surface area contributed by atoms with Crippen LogP contribution >= 0.6 is 35.4 Å². The number of aliphatic hydroxyl groups excluding tert-OH is 1. The van der Waals surface area contributed by atoms with E-state index >= 15 is 0 Å². The topological polar surface area (TPSA) is 87.6 Å². The maximum Gasteiger partial charge on any atom is 0.250 e. The van der Waals surface area contributed by atoms with Crippen molar-refractivity contribution in [1.29, 1.82) is 0 Å². The minimum atomic E-state index is -0.413. The van der Waals surface area contributed by atoms with Crippen molar-refractivity contribution in [3.05, 3.63) is 94.4 Å². The normalized spacial score (nSPS) is 11.0. The summed E-state index contributed by atoms with van der Waals surface area (Å²) in [4.78, 5) is 12.2. The Labute approximate surface area is 210 Å². The fraction of sp³-hybridized carbons (Fsp3) is 0.0400. The zero-order chi connectivity index (χ0) is 24.1. The summed E-state index contributed by atoms with van der Waals surface area (Å²) in [6.07, 6.45) is 2.85. The molecule has 9 heteroatoms. The molecule has 4 rings (SSSR count). The van der Waals surface area contributed by atoms with E-state index < -0.39 is 5.91 Å². The van der Waals surface area contributed by atoms with Crippen LogP contribution in [0.25, 0.3) is 28.7 Å². The number of halogens is 2. The third-order valence-electron chi connectivity index (χ3n) is 4.70. The summed E-state index contributed by atoms with van der Waals surface area (Å²) in [6, 6.07) is 19.4. The van der Waals surface area contributed by atoms with Crippen molar-refractivity contribution >= 4 is 58.2 Å². The van der Waals surface area contributed by atoms with Crippen molar-refractivity contribution < 1.29 is 18.7 Å². The molecular weight excluding hydrogens is 495 g/mol. The van der Waals surface area contributed by atoms with Gasteiger partial charge in [-0.2, -0.15) is 0 Å². The number of hydrogen-bond acceptors (Lipinski definition) is 5. The molecule has 0 bridgehead atoms. The Kier molecular flexibility index (Phi) is 7.49. The fourth-order valence-corrected chi connectivity index (χ4v) is 3.81. The van der Waals surface area contributed by atoms with E-state index in [0.29, 0.717) is 44.3 Å². The van der Waals surface area contributed by atoms with Crippen molar-refractivity contribution in [2.24, 2.45) is 0 Å². The summed E-state index contributed by atoms with van der Waals surface area (Å²) in [6.45, 7) is -0.153. The Balaban J connectivity index is 1.31. The van der Waals surface area contributed by atoms with Gasteiger partial charge in [-0.25, -0.2) is 0 Å². The van der Waals surface area contributed by atoms with Crippen LogP contribution in [0.3, 0.4) is 0 Å². The lowest BCUT2D eigenvalue weighted by atomic mass is 10.1. The third kappa shape index (κ3) is 5.95. The summed E-state index contributed by atoms with van der Waals surface area (Å²) < 4.78 is 11.2. The molecule has 0 aliphatic heterocycles. The summed E-state index contributed by atoms with van der Waals surface area (Å²) in [5.74, 6) is 1.77. The number of hydrogen-bond donors (Lipinski definition) is 3. The maximum absolute atomic E-state index is 12.2. The molecule has 0 unspecified atom stereocenters. The molecule has 0 radical (unpaired) electrons. The maximum atomic E-state index is 12.2. The number of carbonyl (C=O) groups excluding carboxylic acids is 1. The Hall–Kier alpha value is -3.36. The first-order chi connectivity index (χ1) is 16.4. The molecule has 2 heterocycles. The molecule has 34 heavy (non-hydrogen) atoms. The van der Waals surface area contributed by atoms with Gasteiger partial charge in [-0.3, -0.25) is 10.1 Å². The van der Waals surface area contributed by atoms with E-state index in [2.05, 4.69) is 10.6 Å². The number of nitrogens with one attached hydrogen (secondary N) is 2. The van der Waals surface area contributed by atoms with Crippen LogP contribution in [0, 0.1) is 0 Å². The number of aliphatic hydroxyl groups is 1.